The third-order valence-corrected chi connectivity index (χ3v) is 4.91. The van der Waals surface area contributed by atoms with Crippen molar-refractivity contribution in [2.24, 2.45) is 0 Å². The Kier molecular flexibility index (Phi) is 5.57. The number of nitrogens with one attached hydrogen (secondary N) is 1. The van der Waals surface area contributed by atoms with Crippen LogP contribution in [0.15, 0.2) is 36.4 Å². The lowest BCUT2D eigenvalue weighted by Gasteiger charge is -2.36. The van der Waals surface area contributed by atoms with Crippen LogP contribution in [0, 0.1) is 13.8 Å². The molecule has 1 fully saturated rings. The highest BCUT2D eigenvalue weighted by atomic mass is 35.5. The van der Waals surface area contributed by atoms with E-state index in [9.17, 15) is 4.79 Å². The fourth-order valence-electron chi connectivity index (χ4n) is 3.16. The Morgan fingerprint density at radius 1 is 1.08 bits per heavy atom. The molecule has 1 heterocycles. The molecule has 0 atom stereocenters. The fraction of sp³-hybridized carbons (Fsp3) is 0.350. The lowest BCUT2D eigenvalue weighted by Crippen LogP contribution is -2.50. The van der Waals surface area contributed by atoms with E-state index in [0.29, 0.717) is 18.1 Å². The predicted molar refractivity (Wildman–Crippen MR) is 107 cm³/mol. The first-order chi connectivity index (χ1) is 12.5. The molecule has 0 aromatic heterocycles. The smallest absolute Gasteiger partial charge is 0.321 e. The number of piperazine rings is 1. The van der Waals surface area contributed by atoms with Crippen LogP contribution < -0.4 is 15.0 Å². The highest BCUT2D eigenvalue weighted by Gasteiger charge is 2.23. The monoisotopic (exact) mass is 373 g/mol. The molecule has 0 saturated carbocycles. The highest BCUT2D eigenvalue weighted by molar-refractivity contribution is 6.30. The van der Waals surface area contributed by atoms with Gasteiger partial charge in [0.25, 0.3) is 0 Å². The zero-order chi connectivity index (χ0) is 18.7. The van der Waals surface area contributed by atoms with Crippen molar-refractivity contribution in [1.29, 1.82) is 0 Å². The van der Waals surface area contributed by atoms with Gasteiger partial charge in [0.1, 0.15) is 5.75 Å². The number of aryl methyl sites for hydroxylation is 2. The summed E-state index contributed by atoms with van der Waals surface area (Å²) in [5.41, 5.74) is 4.02. The Balaban J connectivity index is 1.63. The molecule has 0 unspecified atom stereocenters. The maximum absolute atomic E-state index is 12.6. The Bertz CT molecular complexity index is 802. The summed E-state index contributed by atoms with van der Waals surface area (Å²) in [6, 6.07) is 11.6. The Morgan fingerprint density at radius 2 is 1.81 bits per heavy atom. The van der Waals surface area contributed by atoms with E-state index in [1.165, 1.54) is 5.56 Å². The van der Waals surface area contributed by atoms with Crippen LogP contribution >= 0.6 is 11.6 Å². The third-order valence-electron chi connectivity index (χ3n) is 4.67. The standard InChI is InChI=1S/C20H24ClN3O2/c1-14-4-7-19(26-3)18(12-14)23-8-10-24(11-9-23)20(25)22-17-6-5-16(21)13-15(17)2/h4-7,12-13H,8-11H2,1-3H3,(H,22,25). The molecule has 1 N–H and O–H groups in total. The van der Waals surface area contributed by atoms with Gasteiger partial charge in [0.2, 0.25) is 0 Å². The van der Waals surface area contributed by atoms with Gasteiger partial charge in [-0.1, -0.05) is 17.7 Å². The molecule has 2 amide bonds. The topological polar surface area (TPSA) is 44.8 Å². The van der Waals surface area contributed by atoms with Crippen LogP contribution in [0.25, 0.3) is 0 Å². The van der Waals surface area contributed by atoms with Crippen LogP contribution in [0.3, 0.4) is 0 Å². The van der Waals surface area contributed by atoms with Gasteiger partial charge < -0.3 is 19.9 Å². The number of urea groups is 1. The summed E-state index contributed by atoms with van der Waals surface area (Å²) in [5.74, 6) is 0.866. The Hall–Kier alpha value is -2.40. The molecule has 0 aliphatic carbocycles. The van der Waals surface area contributed by atoms with Crippen molar-refractivity contribution >= 4 is 29.0 Å². The second-order valence-corrected chi connectivity index (χ2v) is 6.98. The summed E-state index contributed by atoms with van der Waals surface area (Å²) in [7, 11) is 1.69. The number of ether oxygens (including phenoxy) is 1. The van der Waals surface area contributed by atoms with Crippen molar-refractivity contribution in [2.75, 3.05) is 43.5 Å². The van der Waals surface area contributed by atoms with E-state index in [-0.39, 0.29) is 6.03 Å². The van der Waals surface area contributed by atoms with Gasteiger partial charge in [0, 0.05) is 36.9 Å². The molecule has 0 radical (unpaired) electrons. The average Bonchev–Trinajstić information content (AvgIpc) is 2.64. The number of anilines is 2. The maximum Gasteiger partial charge on any atom is 0.321 e. The van der Waals surface area contributed by atoms with Crippen molar-refractivity contribution in [1.82, 2.24) is 4.90 Å². The van der Waals surface area contributed by atoms with Crippen LogP contribution in [0.4, 0.5) is 16.2 Å². The van der Waals surface area contributed by atoms with E-state index in [0.717, 1.165) is 35.8 Å². The van der Waals surface area contributed by atoms with Crippen molar-refractivity contribution in [3.8, 4) is 5.75 Å². The van der Waals surface area contributed by atoms with Gasteiger partial charge in [-0.05, 0) is 55.3 Å². The highest BCUT2D eigenvalue weighted by Crippen LogP contribution is 2.30. The van der Waals surface area contributed by atoms with Crippen molar-refractivity contribution in [3.05, 3.63) is 52.5 Å². The fourth-order valence-corrected chi connectivity index (χ4v) is 3.39. The molecule has 2 aromatic carbocycles. The van der Waals surface area contributed by atoms with E-state index in [1.54, 1.807) is 13.2 Å². The number of nitrogens with zero attached hydrogens (tertiary/aromatic N) is 2. The lowest BCUT2D eigenvalue weighted by atomic mass is 10.1. The first-order valence-electron chi connectivity index (χ1n) is 8.69. The number of carbonyl (C=O) groups is 1. The molecule has 1 saturated heterocycles. The van der Waals surface area contributed by atoms with Gasteiger partial charge in [-0.25, -0.2) is 4.79 Å². The van der Waals surface area contributed by atoms with Crippen LogP contribution in [-0.2, 0) is 0 Å². The maximum atomic E-state index is 12.6. The number of halogens is 1. The molecule has 3 rings (SSSR count). The molecule has 5 nitrogen and oxygen atoms in total. The number of amides is 2. The van der Waals surface area contributed by atoms with Gasteiger partial charge in [0.05, 0.1) is 12.8 Å². The summed E-state index contributed by atoms with van der Waals surface area (Å²) in [5, 5.41) is 3.65. The van der Waals surface area contributed by atoms with Gasteiger partial charge in [-0.2, -0.15) is 0 Å². The molecule has 2 aromatic rings. The molecular formula is C20H24ClN3O2. The number of benzene rings is 2. The summed E-state index contributed by atoms with van der Waals surface area (Å²) >= 11 is 5.97. The number of rotatable bonds is 3. The molecule has 0 spiro atoms. The molecule has 0 bridgehead atoms. The van der Waals surface area contributed by atoms with Gasteiger partial charge in [-0.3, -0.25) is 0 Å². The van der Waals surface area contributed by atoms with Gasteiger partial charge >= 0.3 is 6.03 Å². The Morgan fingerprint density at radius 3 is 2.46 bits per heavy atom. The van der Waals surface area contributed by atoms with Crippen molar-refractivity contribution < 1.29 is 9.53 Å². The summed E-state index contributed by atoms with van der Waals surface area (Å²) in [6.45, 7) is 6.87. The van der Waals surface area contributed by atoms with Crippen LogP contribution in [0.5, 0.6) is 5.75 Å². The normalized spacial score (nSPS) is 14.3. The number of hydrogen-bond donors (Lipinski definition) is 1. The molecule has 26 heavy (non-hydrogen) atoms. The predicted octanol–water partition coefficient (Wildman–Crippen LogP) is 4.32. The first kappa shape index (κ1) is 18.4. The van der Waals surface area contributed by atoms with Crippen LogP contribution in [0.1, 0.15) is 11.1 Å². The van der Waals surface area contributed by atoms with E-state index >= 15 is 0 Å². The minimum Gasteiger partial charge on any atom is -0.495 e. The SMILES string of the molecule is COc1ccc(C)cc1N1CCN(C(=O)Nc2ccc(Cl)cc2C)CC1. The summed E-state index contributed by atoms with van der Waals surface area (Å²) in [6.07, 6.45) is 0. The Labute approximate surface area is 159 Å². The average molecular weight is 374 g/mol. The molecule has 138 valence electrons. The molecule has 1 aliphatic rings. The van der Waals surface area contributed by atoms with E-state index in [4.69, 9.17) is 16.3 Å². The van der Waals surface area contributed by atoms with Crippen LogP contribution in [-0.4, -0.2) is 44.2 Å². The van der Waals surface area contributed by atoms with E-state index in [1.807, 2.05) is 36.1 Å². The first-order valence-corrected chi connectivity index (χ1v) is 9.07. The summed E-state index contributed by atoms with van der Waals surface area (Å²) in [4.78, 5) is 16.7. The van der Waals surface area contributed by atoms with E-state index < -0.39 is 0 Å². The summed E-state index contributed by atoms with van der Waals surface area (Å²) < 4.78 is 5.48. The van der Waals surface area contributed by atoms with Crippen molar-refractivity contribution in [3.63, 3.8) is 0 Å². The quantitative estimate of drug-likeness (QED) is 0.871. The molecule has 6 heteroatoms. The van der Waals surface area contributed by atoms with Crippen LogP contribution in [0.2, 0.25) is 5.02 Å². The zero-order valence-corrected chi connectivity index (χ0v) is 16.1. The second-order valence-electron chi connectivity index (χ2n) is 6.54. The molecular weight excluding hydrogens is 350 g/mol. The minimum absolute atomic E-state index is 0.0775. The zero-order valence-electron chi connectivity index (χ0n) is 15.4. The van der Waals surface area contributed by atoms with E-state index in [2.05, 4.69) is 23.2 Å². The lowest BCUT2D eigenvalue weighted by molar-refractivity contribution is 0.208. The molecule has 1 aliphatic heterocycles. The van der Waals surface area contributed by atoms with Gasteiger partial charge in [-0.15, -0.1) is 0 Å². The van der Waals surface area contributed by atoms with Gasteiger partial charge in [0.15, 0.2) is 0 Å². The number of methoxy groups -OCH3 is 1. The second kappa shape index (κ2) is 7.87. The largest absolute Gasteiger partial charge is 0.495 e. The third kappa shape index (κ3) is 4.05. The minimum atomic E-state index is -0.0775. The number of carbonyl (C=O) groups excluding carboxylic acids is 1. The number of hydrogen-bond acceptors (Lipinski definition) is 3. The van der Waals surface area contributed by atoms with Crippen molar-refractivity contribution in [2.45, 2.75) is 13.8 Å².